The lowest BCUT2D eigenvalue weighted by molar-refractivity contribution is -0.133. The van der Waals surface area contributed by atoms with Crippen molar-refractivity contribution >= 4 is 35.0 Å². The summed E-state index contributed by atoms with van der Waals surface area (Å²) >= 11 is 0. The zero-order valence-corrected chi connectivity index (χ0v) is 22.7. The summed E-state index contributed by atoms with van der Waals surface area (Å²) in [6.07, 6.45) is -1.10. The zero-order valence-electron chi connectivity index (χ0n) is 22.7. The molecular formula is C27H35F2N9O3. The number of rotatable bonds is 7. The molecule has 14 heteroatoms. The number of aromatic nitrogens is 2. The third kappa shape index (κ3) is 5.58. The van der Waals surface area contributed by atoms with E-state index in [1.165, 1.54) is 0 Å². The van der Waals surface area contributed by atoms with Gasteiger partial charge in [0, 0.05) is 45.3 Å². The fourth-order valence-corrected chi connectivity index (χ4v) is 5.69. The maximum atomic E-state index is 14.9. The SMILES string of the molecule is O=C(NCC(=O)N1CCN(c2cc(C3(C(F)F)Nc4ccccc4N3)nc(N3CCOCC3)n2)CC1)[C@@H]1CCCN1. The number of hydrogen-bond acceptors (Lipinski definition) is 10. The maximum absolute atomic E-state index is 14.9. The van der Waals surface area contributed by atoms with E-state index >= 15 is 0 Å². The molecule has 1 aromatic carbocycles. The highest BCUT2D eigenvalue weighted by Gasteiger charge is 2.48. The Morgan fingerprint density at radius 3 is 2.37 bits per heavy atom. The van der Waals surface area contributed by atoms with Crippen LogP contribution in [0, 0.1) is 0 Å². The lowest BCUT2D eigenvalue weighted by Gasteiger charge is -2.37. The van der Waals surface area contributed by atoms with Crippen LogP contribution in [0.2, 0.25) is 0 Å². The predicted molar refractivity (Wildman–Crippen MR) is 149 cm³/mol. The van der Waals surface area contributed by atoms with Crippen LogP contribution in [-0.2, 0) is 20.0 Å². The molecule has 3 fully saturated rings. The molecule has 0 bridgehead atoms. The Balaban J connectivity index is 1.20. The fraction of sp³-hybridized carbons (Fsp3) is 0.556. The molecule has 4 N–H and O–H groups in total. The minimum absolute atomic E-state index is 0.0509. The molecule has 2 aromatic rings. The van der Waals surface area contributed by atoms with Gasteiger partial charge in [0.1, 0.15) is 5.82 Å². The molecule has 2 amide bonds. The number of piperazine rings is 1. The number of benzene rings is 1. The average molecular weight is 572 g/mol. The van der Waals surface area contributed by atoms with E-state index in [0.717, 1.165) is 19.4 Å². The van der Waals surface area contributed by atoms with Crippen LogP contribution >= 0.6 is 0 Å². The molecule has 41 heavy (non-hydrogen) atoms. The van der Waals surface area contributed by atoms with Gasteiger partial charge in [-0.1, -0.05) is 12.1 Å². The van der Waals surface area contributed by atoms with Crippen molar-refractivity contribution in [3.63, 3.8) is 0 Å². The molecule has 12 nitrogen and oxygen atoms in total. The van der Waals surface area contributed by atoms with Gasteiger partial charge in [0.15, 0.2) is 0 Å². The first-order valence-corrected chi connectivity index (χ1v) is 14.1. The number of carbonyl (C=O) groups excluding carboxylic acids is 2. The quantitative estimate of drug-likeness (QED) is 0.379. The number of ether oxygens (including phenoxy) is 1. The Bertz CT molecular complexity index is 1240. The Morgan fingerprint density at radius 2 is 1.73 bits per heavy atom. The van der Waals surface area contributed by atoms with Crippen LogP contribution in [0.25, 0.3) is 0 Å². The Kier molecular flexibility index (Phi) is 7.75. The van der Waals surface area contributed by atoms with Gasteiger partial charge in [-0.05, 0) is 31.5 Å². The topological polar surface area (TPSA) is 127 Å². The van der Waals surface area contributed by atoms with Crippen LogP contribution < -0.4 is 31.1 Å². The van der Waals surface area contributed by atoms with Crippen LogP contribution in [0.1, 0.15) is 18.5 Å². The summed E-state index contributed by atoms with van der Waals surface area (Å²) in [6.45, 7) is 4.63. The molecule has 0 radical (unpaired) electrons. The highest BCUT2D eigenvalue weighted by atomic mass is 19.3. The highest BCUT2D eigenvalue weighted by Crippen LogP contribution is 2.43. The molecule has 3 saturated heterocycles. The number of carbonyl (C=O) groups is 2. The molecule has 1 atom stereocenters. The van der Waals surface area contributed by atoms with Crippen LogP contribution in [0.3, 0.4) is 0 Å². The van der Waals surface area contributed by atoms with Crippen molar-refractivity contribution < 1.29 is 23.1 Å². The minimum Gasteiger partial charge on any atom is -0.378 e. The molecule has 1 aromatic heterocycles. The number of fused-ring (bicyclic) bond motifs is 1. The third-order valence-corrected chi connectivity index (χ3v) is 8.06. The van der Waals surface area contributed by atoms with E-state index < -0.39 is 12.1 Å². The highest BCUT2D eigenvalue weighted by molar-refractivity contribution is 5.87. The number of hydrogen-bond donors (Lipinski definition) is 4. The molecule has 6 rings (SSSR count). The van der Waals surface area contributed by atoms with Crippen LogP contribution in [0.15, 0.2) is 30.3 Å². The smallest absolute Gasteiger partial charge is 0.285 e. The molecule has 220 valence electrons. The Hall–Kier alpha value is -3.78. The number of nitrogens with one attached hydrogen (secondary N) is 4. The molecular weight excluding hydrogens is 536 g/mol. The molecule has 4 aliphatic heterocycles. The maximum Gasteiger partial charge on any atom is 0.285 e. The van der Waals surface area contributed by atoms with Crippen molar-refractivity contribution in [2.24, 2.45) is 0 Å². The van der Waals surface area contributed by atoms with Crippen LogP contribution in [0.5, 0.6) is 0 Å². The van der Waals surface area contributed by atoms with Gasteiger partial charge in [0.2, 0.25) is 23.4 Å². The standard InChI is InChI=1S/C27H35F2N9O3/c28-25(29)27(34-18-4-1-2-5-19(18)35-27)21-16-22(33-26(32-21)38-12-14-41-15-13-38)36-8-10-37(11-9-36)23(39)17-31-24(40)20-6-3-7-30-20/h1-2,4-5,16,20,25,30,34-35H,3,6-15,17H2,(H,31,40)/t20-/m0/s1. The summed E-state index contributed by atoms with van der Waals surface area (Å²) in [4.78, 5) is 40.1. The van der Waals surface area contributed by atoms with Gasteiger partial charge in [-0.3, -0.25) is 9.59 Å². The summed E-state index contributed by atoms with van der Waals surface area (Å²) in [5.74, 6) is 0.580. The van der Waals surface area contributed by atoms with Crippen molar-refractivity contribution in [3.05, 3.63) is 36.0 Å². The number of amides is 2. The van der Waals surface area contributed by atoms with Crippen molar-refractivity contribution in [2.75, 3.05) is 86.0 Å². The summed E-state index contributed by atoms with van der Waals surface area (Å²) in [5, 5.41) is 11.8. The van der Waals surface area contributed by atoms with Crippen molar-refractivity contribution in [1.29, 1.82) is 0 Å². The van der Waals surface area contributed by atoms with E-state index in [2.05, 4.69) is 26.3 Å². The monoisotopic (exact) mass is 571 g/mol. The first-order chi connectivity index (χ1) is 19.9. The van der Waals surface area contributed by atoms with Crippen molar-refractivity contribution in [2.45, 2.75) is 31.0 Å². The number of nitrogens with zero attached hydrogens (tertiary/aromatic N) is 5. The lowest BCUT2D eigenvalue weighted by atomic mass is 10.1. The predicted octanol–water partition coefficient (Wildman–Crippen LogP) is 0.786. The number of halogens is 2. The van der Waals surface area contributed by atoms with E-state index in [1.807, 2.05) is 9.80 Å². The van der Waals surface area contributed by atoms with Gasteiger partial charge in [0.25, 0.3) is 6.43 Å². The second-order valence-electron chi connectivity index (χ2n) is 10.6. The molecule has 5 heterocycles. The van der Waals surface area contributed by atoms with Gasteiger partial charge >= 0.3 is 0 Å². The van der Waals surface area contributed by atoms with E-state index in [1.54, 1.807) is 35.2 Å². The lowest BCUT2D eigenvalue weighted by Crippen LogP contribution is -2.52. The average Bonchev–Trinajstić information content (AvgIpc) is 3.70. The van der Waals surface area contributed by atoms with E-state index in [0.29, 0.717) is 75.6 Å². The summed E-state index contributed by atoms with van der Waals surface area (Å²) in [6, 6.07) is 8.45. The molecule has 0 aliphatic carbocycles. The summed E-state index contributed by atoms with van der Waals surface area (Å²) in [5.41, 5.74) is -0.642. The Labute approximate surface area is 236 Å². The number of alkyl halides is 2. The normalized spacial score (nSPS) is 21.8. The molecule has 4 aliphatic rings. The second kappa shape index (κ2) is 11.6. The number of morpholine rings is 1. The minimum atomic E-state index is -2.82. The molecule has 0 saturated carbocycles. The van der Waals surface area contributed by atoms with E-state index in [9.17, 15) is 18.4 Å². The fourth-order valence-electron chi connectivity index (χ4n) is 5.69. The molecule has 0 spiro atoms. The molecule has 0 unspecified atom stereocenters. The van der Waals surface area contributed by atoms with Crippen molar-refractivity contribution in [1.82, 2.24) is 25.5 Å². The van der Waals surface area contributed by atoms with Crippen LogP contribution in [-0.4, -0.2) is 105 Å². The second-order valence-corrected chi connectivity index (χ2v) is 10.6. The number of para-hydroxylation sites is 2. The van der Waals surface area contributed by atoms with Gasteiger partial charge in [0.05, 0.1) is 42.9 Å². The Morgan fingerprint density at radius 1 is 1.02 bits per heavy atom. The first-order valence-electron chi connectivity index (χ1n) is 14.1. The van der Waals surface area contributed by atoms with Gasteiger partial charge < -0.3 is 40.7 Å². The van der Waals surface area contributed by atoms with Crippen LogP contribution in [0.4, 0.5) is 31.9 Å². The van der Waals surface area contributed by atoms with E-state index in [4.69, 9.17) is 9.72 Å². The van der Waals surface area contributed by atoms with Gasteiger partial charge in [-0.15, -0.1) is 0 Å². The van der Waals surface area contributed by atoms with Gasteiger partial charge in [-0.2, -0.15) is 4.98 Å². The summed E-state index contributed by atoms with van der Waals surface area (Å²) < 4.78 is 35.2. The third-order valence-electron chi connectivity index (χ3n) is 8.06. The zero-order chi connectivity index (χ0) is 28.4. The van der Waals surface area contributed by atoms with E-state index in [-0.39, 0.29) is 30.1 Å². The number of anilines is 4. The first kappa shape index (κ1) is 27.4. The largest absolute Gasteiger partial charge is 0.378 e. The summed E-state index contributed by atoms with van der Waals surface area (Å²) in [7, 11) is 0. The van der Waals surface area contributed by atoms with Crippen molar-refractivity contribution in [3.8, 4) is 0 Å². The van der Waals surface area contributed by atoms with Gasteiger partial charge in [-0.25, -0.2) is 13.8 Å².